The number of alkyl halides is 3. The molecule has 208 valence electrons. The van der Waals surface area contributed by atoms with Crippen molar-refractivity contribution >= 4 is 5.91 Å². The summed E-state index contributed by atoms with van der Waals surface area (Å²) in [6, 6.07) is 22.3. The summed E-state index contributed by atoms with van der Waals surface area (Å²) in [5.74, 6) is -1.38. The zero-order valence-electron chi connectivity index (χ0n) is 21.7. The zero-order valence-corrected chi connectivity index (χ0v) is 21.7. The number of ether oxygens (including phenoxy) is 1. The Labute approximate surface area is 229 Å². The van der Waals surface area contributed by atoms with Crippen LogP contribution in [0.15, 0.2) is 91.4 Å². The standard InChI is InChI=1S/C31H29F4N3O2/c32-25-14-21(13-24(15-25)31(33,34)35)19-40-28-11-12-38(29(39)16-26-17-36-20-37-26)18-27(28)30(22-7-3-1-4-8-22)23-9-5-2-6-10-23/h1-10,13-15,17,20,27-28,30H,11-12,16,18-19H2,(H,36,37)/t27-,28+/m0/s1. The van der Waals surface area contributed by atoms with Gasteiger partial charge in [0.25, 0.3) is 0 Å². The van der Waals surface area contributed by atoms with Crippen molar-refractivity contribution < 1.29 is 27.1 Å². The molecule has 2 heterocycles. The molecule has 1 fully saturated rings. The fourth-order valence-electron chi connectivity index (χ4n) is 5.48. The second kappa shape index (κ2) is 12.0. The highest BCUT2D eigenvalue weighted by molar-refractivity contribution is 5.78. The van der Waals surface area contributed by atoms with Gasteiger partial charge in [0, 0.05) is 31.1 Å². The molecule has 1 saturated heterocycles. The van der Waals surface area contributed by atoms with Crippen LogP contribution in [0.4, 0.5) is 17.6 Å². The van der Waals surface area contributed by atoms with E-state index in [4.69, 9.17) is 4.74 Å². The van der Waals surface area contributed by atoms with E-state index in [0.717, 1.165) is 23.3 Å². The molecule has 0 radical (unpaired) electrons. The molecule has 5 nitrogen and oxygen atoms in total. The van der Waals surface area contributed by atoms with Gasteiger partial charge in [0.1, 0.15) is 5.82 Å². The fraction of sp³-hybridized carbons (Fsp3) is 0.290. The van der Waals surface area contributed by atoms with Crippen molar-refractivity contribution in [3.8, 4) is 0 Å². The molecule has 4 aromatic rings. The summed E-state index contributed by atoms with van der Waals surface area (Å²) in [4.78, 5) is 22.1. The van der Waals surface area contributed by atoms with E-state index in [1.54, 1.807) is 6.20 Å². The number of nitrogens with one attached hydrogen (secondary N) is 1. The number of benzene rings is 3. The first-order chi connectivity index (χ1) is 19.3. The molecule has 0 unspecified atom stereocenters. The van der Waals surface area contributed by atoms with E-state index in [9.17, 15) is 22.4 Å². The first-order valence-electron chi connectivity index (χ1n) is 13.1. The number of rotatable bonds is 8. The number of piperidine rings is 1. The number of imidazole rings is 1. The number of hydrogen-bond donors (Lipinski definition) is 1. The van der Waals surface area contributed by atoms with Crippen molar-refractivity contribution in [2.24, 2.45) is 5.92 Å². The van der Waals surface area contributed by atoms with E-state index in [0.29, 0.717) is 31.3 Å². The van der Waals surface area contributed by atoms with Gasteiger partial charge in [-0.05, 0) is 41.3 Å². The third kappa shape index (κ3) is 6.59. The smallest absolute Gasteiger partial charge is 0.373 e. The van der Waals surface area contributed by atoms with E-state index in [1.165, 1.54) is 6.33 Å². The molecule has 3 aromatic carbocycles. The highest BCUT2D eigenvalue weighted by Gasteiger charge is 2.39. The molecule has 1 aromatic heterocycles. The fourth-order valence-corrected chi connectivity index (χ4v) is 5.48. The van der Waals surface area contributed by atoms with Gasteiger partial charge >= 0.3 is 6.18 Å². The molecule has 0 bridgehead atoms. The van der Waals surface area contributed by atoms with Gasteiger partial charge in [-0.25, -0.2) is 9.37 Å². The molecule has 1 N–H and O–H groups in total. The Balaban J connectivity index is 1.45. The van der Waals surface area contributed by atoms with Crippen molar-refractivity contribution in [1.82, 2.24) is 14.9 Å². The Morgan fingerprint density at radius 3 is 2.30 bits per heavy atom. The molecular weight excluding hydrogens is 522 g/mol. The summed E-state index contributed by atoms with van der Waals surface area (Å²) in [6.07, 6.45) is -1.19. The third-order valence-electron chi connectivity index (χ3n) is 7.33. The van der Waals surface area contributed by atoms with Crippen LogP contribution < -0.4 is 0 Å². The number of hydrogen-bond acceptors (Lipinski definition) is 3. The number of carbonyl (C=O) groups excluding carboxylic acids is 1. The Bertz CT molecular complexity index is 1360. The van der Waals surface area contributed by atoms with Crippen LogP contribution in [0.3, 0.4) is 0 Å². The summed E-state index contributed by atoms with van der Waals surface area (Å²) >= 11 is 0. The predicted octanol–water partition coefficient (Wildman–Crippen LogP) is 6.38. The van der Waals surface area contributed by atoms with E-state index < -0.39 is 23.7 Å². The van der Waals surface area contributed by atoms with Gasteiger partial charge in [-0.15, -0.1) is 0 Å². The first-order valence-corrected chi connectivity index (χ1v) is 13.1. The molecular formula is C31H29F4N3O2. The predicted molar refractivity (Wildman–Crippen MR) is 142 cm³/mol. The quantitative estimate of drug-likeness (QED) is 0.259. The average Bonchev–Trinajstić information content (AvgIpc) is 3.46. The van der Waals surface area contributed by atoms with E-state index in [2.05, 4.69) is 9.97 Å². The summed E-state index contributed by atoms with van der Waals surface area (Å²) < 4.78 is 60.2. The average molecular weight is 552 g/mol. The summed E-state index contributed by atoms with van der Waals surface area (Å²) in [5, 5.41) is 0. The monoisotopic (exact) mass is 551 g/mol. The molecule has 1 aliphatic rings. The minimum Gasteiger partial charge on any atom is -0.373 e. The van der Waals surface area contributed by atoms with Gasteiger partial charge in [-0.1, -0.05) is 60.7 Å². The van der Waals surface area contributed by atoms with Gasteiger partial charge in [-0.3, -0.25) is 4.79 Å². The maximum atomic E-state index is 14.1. The van der Waals surface area contributed by atoms with Gasteiger partial charge in [-0.2, -0.15) is 13.2 Å². The largest absolute Gasteiger partial charge is 0.416 e. The van der Waals surface area contributed by atoms with E-state index in [1.807, 2.05) is 65.6 Å². The normalized spacial score (nSPS) is 17.8. The molecule has 0 spiro atoms. The van der Waals surface area contributed by atoms with Crippen molar-refractivity contribution in [3.63, 3.8) is 0 Å². The van der Waals surface area contributed by atoms with Crippen molar-refractivity contribution in [2.75, 3.05) is 13.1 Å². The van der Waals surface area contributed by atoms with Gasteiger partial charge < -0.3 is 14.6 Å². The highest BCUT2D eigenvalue weighted by Crippen LogP contribution is 2.39. The number of carbonyl (C=O) groups is 1. The van der Waals surface area contributed by atoms with Crippen molar-refractivity contribution in [1.29, 1.82) is 0 Å². The molecule has 2 atom stereocenters. The Morgan fingerprint density at radius 2 is 1.70 bits per heavy atom. The molecule has 0 saturated carbocycles. The summed E-state index contributed by atoms with van der Waals surface area (Å²) in [5.41, 5.74) is 1.79. The summed E-state index contributed by atoms with van der Waals surface area (Å²) in [7, 11) is 0. The topological polar surface area (TPSA) is 58.2 Å². The van der Waals surface area contributed by atoms with Crippen LogP contribution >= 0.6 is 0 Å². The third-order valence-corrected chi connectivity index (χ3v) is 7.33. The van der Waals surface area contributed by atoms with Gasteiger partial charge in [0.05, 0.1) is 36.7 Å². The zero-order chi connectivity index (χ0) is 28.1. The Kier molecular flexibility index (Phi) is 8.30. The number of nitrogens with zero attached hydrogens (tertiary/aromatic N) is 2. The SMILES string of the molecule is O=C(Cc1c[nH]cn1)N1CC[C@@H](OCc2cc(F)cc(C(F)(F)F)c2)[C@@H](C(c2ccccc2)c2ccccc2)C1. The number of H-pyrrole nitrogens is 1. The van der Waals surface area contributed by atoms with Crippen molar-refractivity contribution in [2.45, 2.75) is 37.6 Å². The number of aromatic nitrogens is 2. The Hall–Kier alpha value is -3.98. The van der Waals surface area contributed by atoms with E-state index >= 15 is 0 Å². The second-order valence-corrected chi connectivity index (χ2v) is 10.0. The molecule has 5 rings (SSSR count). The van der Waals surface area contributed by atoms with Crippen LogP contribution in [-0.4, -0.2) is 40.0 Å². The molecule has 9 heteroatoms. The lowest BCUT2D eigenvalue weighted by molar-refractivity contribution is -0.137. The molecule has 1 amide bonds. The minimum absolute atomic E-state index is 0.0598. The number of likely N-dealkylation sites (tertiary alicyclic amines) is 1. The van der Waals surface area contributed by atoms with Crippen molar-refractivity contribution in [3.05, 3.63) is 125 Å². The number of aromatic amines is 1. The van der Waals surface area contributed by atoms with Crippen LogP contribution in [0.25, 0.3) is 0 Å². The Morgan fingerprint density at radius 1 is 1.02 bits per heavy atom. The molecule has 0 aliphatic carbocycles. The van der Waals surface area contributed by atoms with Crippen LogP contribution in [0.2, 0.25) is 0 Å². The number of halogens is 4. The number of amides is 1. The van der Waals surface area contributed by atoms with Crippen LogP contribution in [0.5, 0.6) is 0 Å². The van der Waals surface area contributed by atoms with Gasteiger partial charge in [0.2, 0.25) is 5.91 Å². The minimum atomic E-state index is -4.66. The van der Waals surface area contributed by atoms with Gasteiger partial charge in [0.15, 0.2) is 0 Å². The van der Waals surface area contributed by atoms with E-state index in [-0.39, 0.29) is 36.3 Å². The van der Waals surface area contributed by atoms with Crippen LogP contribution in [0, 0.1) is 11.7 Å². The highest BCUT2D eigenvalue weighted by atomic mass is 19.4. The molecule has 1 aliphatic heterocycles. The maximum absolute atomic E-state index is 14.1. The lowest BCUT2D eigenvalue weighted by atomic mass is 9.75. The maximum Gasteiger partial charge on any atom is 0.416 e. The van der Waals surface area contributed by atoms with Crippen LogP contribution in [0.1, 0.15) is 40.3 Å². The summed E-state index contributed by atoms with van der Waals surface area (Å²) in [6.45, 7) is 0.635. The second-order valence-electron chi connectivity index (χ2n) is 10.0. The lowest BCUT2D eigenvalue weighted by Gasteiger charge is -2.42. The lowest BCUT2D eigenvalue weighted by Crippen LogP contribution is -2.49. The van der Waals surface area contributed by atoms with Crippen LogP contribution in [-0.2, 0) is 28.7 Å². The molecule has 40 heavy (non-hydrogen) atoms. The first kappa shape index (κ1) is 27.6.